The van der Waals surface area contributed by atoms with Crippen LogP contribution in [0.25, 0.3) is 0 Å². The lowest BCUT2D eigenvalue weighted by atomic mass is 9.81. The molecular weight excluding hydrogens is 328 g/mol. The maximum absolute atomic E-state index is 12.4. The fourth-order valence-corrected chi connectivity index (χ4v) is 3.63. The molecule has 6 nitrogen and oxygen atoms in total. The first kappa shape index (κ1) is 21.2. The van der Waals surface area contributed by atoms with Crippen LogP contribution in [0.1, 0.15) is 34.6 Å². The second kappa shape index (κ2) is 7.15. The molecule has 0 saturated heterocycles. The molecule has 140 valence electrons. The van der Waals surface area contributed by atoms with Crippen LogP contribution in [0.4, 0.5) is 0 Å². The van der Waals surface area contributed by atoms with E-state index in [4.69, 9.17) is 13.9 Å². The van der Waals surface area contributed by atoms with Gasteiger partial charge in [-0.15, -0.1) is 0 Å². The van der Waals surface area contributed by atoms with Gasteiger partial charge in [0.2, 0.25) is 0 Å². The number of hydrogen-bond donors (Lipinski definition) is 2. The predicted octanol–water partition coefficient (Wildman–Crippen LogP) is 2.21. The van der Waals surface area contributed by atoms with Gasteiger partial charge in [0.25, 0.3) is 0 Å². The van der Waals surface area contributed by atoms with E-state index in [2.05, 4.69) is 33.9 Å². The van der Waals surface area contributed by atoms with Gasteiger partial charge in [0, 0.05) is 6.61 Å². The van der Waals surface area contributed by atoms with Crippen molar-refractivity contribution in [3.05, 3.63) is 11.3 Å². The minimum atomic E-state index is -2.09. The van der Waals surface area contributed by atoms with Crippen molar-refractivity contribution in [2.45, 2.75) is 65.0 Å². The van der Waals surface area contributed by atoms with Crippen molar-refractivity contribution in [1.82, 2.24) is 0 Å². The van der Waals surface area contributed by atoms with Crippen LogP contribution in [-0.2, 0) is 18.7 Å². The second-order valence-electron chi connectivity index (χ2n) is 8.02. The number of hydrogen-bond acceptors (Lipinski definition) is 6. The number of ether oxygens (including phenoxy) is 2. The molecule has 2 N–H and O–H groups in total. The highest BCUT2D eigenvalue weighted by molar-refractivity contribution is 6.74. The van der Waals surface area contributed by atoms with E-state index >= 15 is 0 Å². The Bertz CT molecular complexity index is 508. The quantitative estimate of drug-likeness (QED) is 0.558. The smallest absolute Gasteiger partial charge is 0.338 e. The van der Waals surface area contributed by atoms with Crippen molar-refractivity contribution in [2.75, 3.05) is 20.3 Å². The lowest BCUT2D eigenvalue weighted by molar-refractivity contribution is -0.141. The van der Waals surface area contributed by atoms with Crippen LogP contribution in [0.3, 0.4) is 0 Å². The summed E-state index contributed by atoms with van der Waals surface area (Å²) in [4.78, 5) is 12.4. The summed E-state index contributed by atoms with van der Waals surface area (Å²) in [6, 6.07) is 0. The zero-order valence-corrected chi connectivity index (χ0v) is 17.1. The number of methoxy groups -OCH3 is 1. The normalized spacial score (nSPS) is 28.2. The van der Waals surface area contributed by atoms with Gasteiger partial charge < -0.3 is 24.1 Å². The molecule has 0 amide bonds. The Balaban J connectivity index is 3.21. The fourth-order valence-electron chi connectivity index (χ4n) is 2.53. The molecule has 0 spiro atoms. The molecule has 3 atom stereocenters. The molecule has 0 aliphatic heterocycles. The Morgan fingerprint density at radius 2 is 1.83 bits per heavy atom. The number of aliphatic hydroxyl groups is 2. The van der Waals surface area contributed by atoms with E-state index in [1.807, 2.05) is 0 Å². The van der Waals surface area contributed by atoms with Crippen LogP contribution in [0.2, 0.25) is 18.1 Å². The van der Waals surface area contributed by atoms with Crippen molar-refractivity contribution < 1.29 is 28.9 Å². The first-order chi connectivity index (χ1) is 10.8. The van der Waals surface area contributed by atoms with Gasteiger partial charge in [0.15, 0.2) is 8.32 Å². The largest absolute Gasteiger partial charge is 0.498 e. The molecule has 1 rings (SSSR count). The van der Waals surface area contributed by atoms with Crippen LogP contribution < -0.4 is 0 Å². The number of rotatable bonds is 6. The predicted molar refractivity (Wildman–Crippen MR) is 93.9 cm³/mol. The molecule has 0 saturated carbocycles. The highest BCUT2D eigenvalue weighted by atomic mass is 28.4. The molecule has 0 aromatic carbocycles. The standard InChI is InChI=1S/C17H32O6Si/c1-9-22-15(20)11-13(21-6)12(18)14(19)17(11,5)10-23-24(7,8)16(2,3)4/h12,14,18-19H,9-10H2,1-8H3/t12-,14-,17-/m1/s1. The van der Waals surface area contributed by atoms with Gasteiger partial charge in [0.05, 0.1) is 30.8 Å². The number of esters is 1. The van der Waals surface area contributed by atoms with E-state index in [1.165, 1.54) is 7.11 Å². The van der Waals surface area contributed by atoms with Gasteiger partial charge in [0.1, 0.15) is 11.9 Å². The number of carbonyl (C=O) groups is 1. The molecule has 0 heterocycles. The minimum Gasteiger partial charge on any atom is -0.498 e. The highest BCUT2D eigenvalue weighted by Crippen LogP contribution is 2.46. The maximum atomic E-state index is 12.4. The number of carbonyl (C=O) groups excluding carboxylic acids is 1. The van der Waals surface area contributed by atoms with Gasteiger partial charge in [-0.25, -0.2) is 4.79 Å². The average molecular weight is 361 g/mol. The third kappa shape index (κ3) is 3.69. The molecule has 0 aromatic rings. The van der Waals surface area contributed by atoms with E-state index in [0.717, 1.165) is 0 Å². The molecule has 7 heteroatoms. The minimum absolute atomic E-state index is 0.0105. The average Bonchev–Trinajstić information content (AvgIpc) is 2.66. The first-order valence-corrected chi connectivity index (χ1v) is 11.2. The third-order valence-electron chi connectivity index (χ3n) is 5.28. The van der Waals surface area contributed by atoms with Crippen LogP contribution >= 0.6 is 0 Å². The van der Waals surface area contributed by atoms with Crippen molar-refractivity contribution >= 4 is 14.3 Å². The van der Waals surface area contributed by atoms with Crippen LogP contribution in [0.5, 0.6) is 0 Å². The molecule has 0 bridgehead atoms. The zero-order chi connectivity index (χ0) is 18.9. The van der Waals surface area contributed by atoms with Crippen molar-refractivity contribution in [3.8, 4) is 0 Å². The molecule has 0 aromatic heterocycles. The first-order valence-electron chi connectivity index (χ1n) is 8.29. The van der Waals surface area contributed by atoms with Gasteiger partial charge in [-0.1, -0.05) is 27.7 Å². The lowest BCUT2D eigenvalue weighted by Crippen LogP contribution is -2.48. The summed E-state index contributed by atoms with van der Waals surface area (Å²) in [5.74, 6) is -0.534. The number of aliphatic hydroxyl groups excluding tert-OH is 2. The Morgan fingerprint density at radius 3 is 2.25 bits per heavy atom. The van der Waals surface area contributed by atoms with Crippen LogP contribution in [0.15, 0.2) is 11.3 Å². The highest BCUT2D eigenvalue weighted by Gasteiger charge is 2.55. The summed E-state index contributed by atoms with van der Waals surface area (Å²) in [6.07, 6.45) is -2.47. The summed E-state index contributed by atoms with van der Waals surface area (Å²) in [7, 11) is -0.728. The van der Waals surface area contributed by atoms with E-state index < -0.39 is 31.9 Å². The summed E-state index contributed by atoms with van der Waals surface area (Å²) in [5.41, 5.74) is -0.933. The molecule has 1 aliphatic rings. The molecule has 1 aliphatic carbocycles. The summed E-state index contributed by atoms with van der Waals surface area (Å²) >= 11 is 0. The van der Waals surface area contributed by atoms with Crippen molar-refractivity contribution in [1.29, 1.82) is 0 Å². The topological polar surface area (TPSA) is 85.2 Å². The second-order valence-corrected chi connectivity index (χ2v) is 12.8. The Labute approximate surface area is 145 Å². The maximum Gasteiger partial charge on any atom is 0.338 e. The van der Waals surface area contributed by atoms with E-state index in [1.54, 1.807) is 13.8 Å². The SMILES string of the molecule is CCOC(=O)C1=C(OC)[C@@H](O)[C@@H](O)[C@]1(C)CO[Si](C)(C)C(C)(C)C. The molecular formula is C17H32O6Si. The van der Waals surface area contributed by atoms with Crippen LogP contribution in [0, 0.1) is 5.41 Å². The van der Waals surface area contributed by atoms with Gasteiger partial charge in [-0.2, -0.15) is 0 Å². The summed E-state index contributed by atoms with van der Waals surface area (Å²) in [5, 5.41) is 20.8. The Morgan fingerprint density at radius 1 is 1.29 bits per heavy atom. The van der Waals surface area contributed by atoms with E-state index in [-0.39, 0.29) is 29.6 Å². The summed E-state index contributed by atoms with van der Waals surface area (Å²) < 4.78 is 16.5. The van der Waals surface area contributed by atoms with Crippen molar-refractivity contribution in [2.24, 2.45) is 5.41 Å². The van der Waals surface area contributed by atoms with E-state index in [9.17, 15) is 15.0 Å². The van der Waals surface area contributed by atoms with E-state index in [0.29, 0.717) is 0 Å². The molecule has 0 radical (unpaired) electrons. The summed E-state index contributed by atoms with van der Waals surface area (Å²) in [6.45, 7) is 14.3. The monoisotopic (exact) mass is 360 g/mol. The third-order valence-corrected chi connectivity index (χ3v) is 9.75. The van der Waals surface area contributed by atoms with Gasteiger partial charge in [-0.05, 0) is 25.1 Å². The van der Waals surface area contributed by atoms with Crippen molar-refractivity contribution in [3.63, 3.8) is 0 Å². The van der Waals surface area contributed by atoms with Gasteiger partial charge in [-0.3, -0.25) is 0 Å². The Kier molecular flexibility index (Phi) is 6.30. The molecule has 0 fully saturated rings. The van der Waals surface area contributed by atoms with Crippen LogP contribution in [-0.4, -0.2) is 57.0 Å². The molecule has 0 unspecified atom stereocenters. The zero-order valence-electron chi connectivity index (χ0n) is 16.1. The molecule has 24 heavy (non-hydrogen) atoms. The Hall–Kier alpha value is -0.893. The fraction of sp³-hybridized carbons (Fsp3) is 0.824. The lowest BCUT2D eigenvalue weighted by Gasteiger charge is -2.40. The van der Waals surface area contributed by atoms with Gasteiger partial charge >= 0.3 is 5.97 Å².